The summed E-state index contributed by atoms with van der Waals surface area (Å²) in [5.41, 5.74) is 6.76. The van der Waals surface area contributed by atoms with Crippen LogP contribution in [0.15, 0.2) is 18.2 Å². The molecule has 92 valence electrons. The van der Waals surface area contributed by atoms with E-state index in [-0.39, 0.29) is 0 Å². The van der Waals surface area contributed by atoms with Gasteiger partial charge in [-0.3, -0.25) is 4.79 Å². The number of amides is 1. The molecule has 1 fully saturated rings. The molecule has 0 aromatic heterocycles. The van der Waals surface area contributed by atoms with Crippen molar-refractivity contribution >= 4 is 23.2 Å². The third kappa shape index (κ3) is 2.37. The Morgan fingerprint density at radius 1 is 1.59 bits per heavy atom. The van der Waals surface area contributed by atoms with Crippen LogP contribution in [0, 0.1) is 0 Å². The van der Waals surface area contributed by atoms with Crippen molar-refractivity contribution in [2.45, 2.75) is 13.0 Å². The normalized spacial score (nSPS) is 15.4. The van der Waals surface area contributed by atoms with Gasteiger partial charge in [0.05, 0.1) is 11.6 Å². The molecular formula is C12H16ClN3O. The third-order valence-electron chi connectivity index (χ3n) is 3.07. The summed E-state index contributed by atoms with van der Waals surface area (Å²) in [4.78, 5) is 13.6. The minimum absolute atomic E-state index is 0.430. The van der Waals surface area contributed by atoms with Gasteiger partial charge >= 0.3 is 0 Å². The Balaban J connectivity index is 2.38. The number of nitrogens with one attached hydrogen (secondary N) is 1. The standard InChI is InChI=1S/C12H16ClN3O/c1-2-16(9-6-15-7-9)11-4-3-8(13)5-10(11)12(14)17/h3-5,9,15H,2,6-7H2,1H3,(H2,14,17). The molecule has 0 spiro atoms. The van der Waals surface area contributed by atoms with Crippen molar-refractivity contribution in [2.24, 2.45) is 5.73 Å². The van der Waals surface area contributed by atoms with E-state index >= 15 is 0 Å². The van der Waals surface area contributed by atoms with Crippen LogP contribution < -0.4 is 16.0 Å². The predicted octanol–water partition coefficient (Wildman–Crippen LogP) is 1.24. The van der Waals surface area contributed by atoms with Crippen LogP contribution in [0.4, 0.5) is 5.69 Å². The van der Waals surface area contributed by atoms with Crippen LogP contribution in [0.2, 0.25) is 5.02 Å². The van der Waals surface area contributed by atoms with Gasteiger partial charge in [-0.05, 0) is 25.1 Å². The molecular weight excluding hydrogens is 238 g/mol. The molecule has 4 nitrogen and oxygen atoms in total. The third-order valence-corrected chi connectivity index (χ3v) is 3.31. The molecule has 1 aliphatic rings. The van der Waals surface area contributed by atoms with Gasteiger partial charge in [-0.1, -0.05) is 11.6 Å². The summed E-state index contributed by atoms with van der Waals surface area (Å²) in [7, 11) is 0. The summed E-state index contributed by atoms with van der Waals surface area (Å²) in [6.07, 6.45) is 0. The number of anilines is 1. The quantitative estimate of drug-likeness (QED) is 0.849. The number of rotatable bonds is 4. The maximum absolute atomic E-state index is 11.4. The molecule has 1 aliphatic heterocycles. The molecule has 1 aromatic carbocycles. The van der Waals surface area contributed by atoms with Gasteiger partial charge in [0.2, 0.25) is 0 Å². The van der Waals surface area contributed by atoms with Crippen molar-refractivity contribution in [1.82, 2.24) is 5.32 Å². The molecule has 1 amide bonds. The topological polar surface area (TPSA) is 58.4 Å². The minimum Gasteiger partial charge on any atom is -0.366 e. The molecule has 2 rings (SSSR count). The van der Waals surface area contributed by atoms with Crippen molar-refractivity contribution in [3.63, 3.8) is 0 Å². The van der Waals surface area contributed by atoms with Crippen LogP contribution >= 0.6 is 11.6 Å². The molecule has 0 atom stereocenters. The van der Waals surface area contributed by atoms with E-state index in [4.69, 9.17) is 17.3 Å². The molecule has 0 unspecified atom stereocenters. The van der Waals surface area contributed by atoms with Crippen LogP contribution in [0.1, 0.15) is 17.3 Å². The fourth-order valence-electron chi connectivity index (χ4n) is 2.08. The van der Waals surface area contributed by atoms with Gasteiger partial charge in [0.1, 0.15) is 0 Å². The summed E-state index contributed by atoms with van der Waals surface area (Å²) < 4.78 is 0. The number of carbonyl (C=O) groups is 1. The summed E-state index contributed by atoms with van der Waals surface area (Å²) >= 11 is 5.90. The Kier molecular flexibility index (Phi) is 3.54. The van der Waals surface area contributed by atoms with Crippen molar-refractivity contribution in [3.8, 4) is 0 Å². The van der Waals surface area contributed by atoms with Crippen molar-refractivity contribution in [3.05, 3.63) is 28.8 Å². The van der Waals surface area contributed by atoms with Gasteiger partial charge in [-0.15, -0.1) is 0 Å². The second-order valence-electron chi connectivity index (χ2n) is 4.12. The van der Waals surface area contributed by atoms with E-state index in [9.17, 15) is 4.79 Å². The predicted molar refractivity (Wildman–Crippen MR) is 69.6 cm³/mol. The van der Waals surface area contributed by atoms with Crippen LogP contribution in [-0.2, 0) is 0 Å². The van der Waals surface area contributed by atoms with Gasteiger partial charge in [0.15, 0.2) is 0 Å². The number of benzene rings is 1. The molecule has 0 aliphatic carbocycles. The van der Waals surface area contributed by atoms with Crippen molar-refractivity contribution < 1.29 is 4.79 Å². The first-order valence-corrected chi connectivity index (χ1v) is 6.08. The zero-order valence-electron chi connectivity index (χ0n) is 9.74. The minimum atomic E-state index is -0.437. The Labute approximate surface area is 106 Å². The first kappa shape index (κ1) is 12.2. The maximum atomic E-state index is 11.4. The van der Waals surface area contributed by atoms with E-state index in [1.165, 1.54) is 0 Å². The molecule has 1 aromatic rings. The first-order chi connectivity index (χ1) is 8.13. The van der Waals surface area contributed by atoms with Crippen LogP contribution in [0.25, 0.3) is 0 Å². The molecule has 1 heterocycles. The van der Waals surface area contributed by atoms with Gasteiger partial charge < -0.3 is 16.0 Å². The fourth-order valence-corrected chi connectivity index (χ4v) is 2.25. The second kappa shape index (κ2) is 4.94. The Morgan fingerprint density at radius 3 is 2.76 bits per heavy atom. The molecule has 0 saturated carbocycles. The highest BCUT2D eigenvalue weighted by Gasteiger charge is 2.26. The zero-order chi connectivity index (χ0) is 12.4. The van der Waals surface area contributed by atoms with E-state index < -0.39 is 5.91 Å². The highest BCUT2D eigenvalue weighted by atomic mass is 35.5. The van der Waals surface area contributed by atoms with Gasteiger partial charge in [0, 0.05) is 30.3 Å². The highest BCUT2D eigenvalue weighted by Crippen LogP contribution is 2.26. The lowest BCUT2D eigenvalue weighted by atomic mass is 10.1. The number of carbonyl (C=O) groups excluding carboxylic acids is 1. The SMILES string of the molecule is CCN(c1ccc(Cl)cc1C(N)=O)C1CNC1. The molecule has 3 N–H and O–H groups in total. The van der Waals surface area contributed by atoms with E-state index in [1.54, 1.807) is 12.1 Å². The molecule has 17 heavy (non-hydrogen) atoms. The molecule has 5 heteroatoms. The number of hydrogen-bond donors (Lipinski definition) is 2. The summed E-state index contributed by atoms with van der Waals surface area (Å²) in [6.45, 7) is 4.79. The zero-order valence-corrected chi connectivity index (χ0v) is 10.5. The van der Waals surface area contributed by atoms with E-state index in [2.05, 4.69) is 17.1 Å². The fraction of sp³-hybridized carbons (Fsp3) is 0.417. The second-order valence-corrected chi connectivity index (χ2v) is 4.56. The lowest BCUT2D eigenvalue weighted by Crippen LogP contribution is -2.57. The van der Waals surface area contributed by atoms with Gasteiger partial charge in [-0.2, -0.15) is 0 Å². The van der Waals surface area contributed by atoms with Gasteiger partial charge in [0.25, 0.3) is 5.91 Å². The average molecular weight is 254 g/mol. The number of nitrogens with zero attached hydrogens (tertiary/aromatic N) is 1. The van der Waals surface area contributed by atoms with E-state index in [0.29, 0.717) is 16.6 Å². The molecule has 0 radical (unpaired) electrons. The number of nitrogens with two attached hydrogens (primary N) is 1. The number of hydrogen-bond acceptors (Lipinski definition) is 3. The number of likely N-dealkylation sites (N-methyl/N-ethyl adjacent to an activating group) is 1. The lowest BCUT2D eigenvalue weighted by molar-refractivity contribution is 0.100. The monoisotopic (exact) mass is 253 g/mol. The smallest absolute Gasteiger partial charge is 0.250 e. The van der Waals surface area contributed by atoms with Crippen LogP contribution in [-0.4, -0.2) is 31.6 Å². The first-order valence-electron chi connectivity index (χ1n) is 5.70. The Hall–Kier alpha value is -1.26. The summed E-state index contributed by atoms with van der Waals surface area (Å²) in [6, 6.07) is 5.72. The van der Waals surface area contributed by atoms with E-state index in [0.717, 1.165) is 25.3 Å². The average Bonchev–Trinajstić information content (AvgIpc) is 2.23. The largest absolute Gasteiger partial charge is 0.366 e. The summed E-state index contributed by atoms with van der Waals surface area (Å²) in [5.74, 6) is -0.437. The Morgan fingerprint density at radius 2 is 2.29 bits per heavy atom. The summed E-state index contributed by atoms with van der Waals surface area (Å²) in [5, 5.41) is 3.75. The lowest BCUT2D eigenvalue weighted by Gasteiger charge is -2.40. The van der Waals surface area contributed by atoms with Gasteiger partial charge in [-0.25, -0.2) is 0 Å². The highest BCUT2D eigenvalue weighted by molar-refractivity contribution is 6.31. The van der Waals surface area contributed by atoms with Crippen molar-refractivity contribution in [2.75, 3.05) is 24.5 Å². The molecule has 1 saturated heterocycles. The van der Waals surface area contributed by atoms with E-state index in [1.807, 2.05) is 6.07 Å². The number of primary amides is 1. The van der Waals surface area contributed by atoms with Crippen LogP contribution in [0.3, 0.4) is 0 Å². The Bertz CT molecular complexity index is 432. The maximum Gasteiger partial charge on any atom is 0.250 e. The van der Waals surface area contributed by atoms with Crippen molar-refractivity contribution in [1.29, 1.82) is 0 Å². The molecule has 0 bridgehead atoms. The van der Waals surface area contributed by atoms with Crippen LogP contribution in [0.5, 0.6) is 0 Å². The number of halogens is 1.